The van der Waals surface area contributed by atoms with Gasteiger partial charge in [-0.15, -0.1) is 0 Å². The van der Waals surface area contributed by atoms with Crippen LogP contribution in [0.5, 0.6) is 0 Å². The van der Waals surface area contributed by atoms with Gasteiger partial charge in [0.1, 0.15) is 0 Å². The lowest BCUT2D eigenvalue weighted by atomic mass is 10.1. The predicted octanol–water partition coefficient (Wildman–Crippen LogP) is 0.742. The van der Waals surface area contributed by atoms with Gasteiger partial charge >= 0.3 is 0 Å². The van der Waals surface area contributed by atoms with Crippen LogP contribution < -0.4 is 5.32 Å². The fourth-order valence-electron chi connectivity index (χ4n) is 3.28. The molecule has 1 unspecified atom stereocenters. The highest BCUT2D eigenvalue weighted by Gasteiger charge is 2.29. The van der Waals surface area contributed by atoms with Crippen molar-refractivity contribution in [1.82, 2.24) is 25.1 Å². The number of amides is 1. The first kappa shape index (κ1) is 18.5. The molecule has 2 aromatic heterocycles. The zero-order chi connectivity index (χ0) is 19.1. The van der Waals surface area contributed by atoms with Crippen molar-refractivity contribution in [2.24, 2.45) is 0 Å². The molecule has 3 heterocycles. The fraction of sp³-hybridized carbons (Fsp3) is 0.529. The van der Waals surface area contributed by atoms with Crippen molar-refractivity contribution >= 4 is 15.7 Å². The SMILES string of the molecule is Cc1cc(C)nc(-n2nc(C)c(CC(=O)NC3CCS(=O)(=O)C3)c2C)n1. The molecule has 1 aliphatic heterocycles. The molecule has 9 heteroatoms. The van der Waals surface area contributed by atoms with Crippen LogP contribution in [0, 0.1) is 27.7 Å². The number of rotatable bonds is 4. The average Bonchev–Trinajstić information content (AvgIpc) is 2.99. The topological polar surface area (TPSA) is 107 Å². The molecule has 1 atom stereocenters. The predicted molar refractivity (Wildman–Crippen MR) is 97.0 cm³/mol. The highest BCUT2D eigenvalue weighted by molar-refractivity contribution is 7.91. The summed E-state index contributed by atoms with van der Waals surface area (Å²) in [5, 5.41) is 7.30. The number of sulfone groups is 1. The van der Waals surface area contributed by atoms with E-state index in [2.05, 4.69) is 20.4 Å². The summed E-state index contributed by atoms with van der Waals surface area (Å²) < 4.78 is 24.7. The van der Waals surface area contributed by atoms with Crippen molar-refractivity contribution in [2.75, 3.05) is 11.5 Å². The van der Waals surface area contributed by atoms with Gasteiger partial charge in [-0.2, -0.15) is 5.10 Å². The normalized spacial score (nSPS) is 18.8. The van der Waals surface area contributed by atoms with Crippen LogP contribution in [0.3, 0.4) is 0 Å². The van der Waals surface area contributed by atoms with E-state index in [0.29, 0.717) is 12.4 Å². The van der Waals surface area contributed by atoms with Gasteiger partial charge < -0.3 is 5.32 Å². The molecule has 1 fully saturated rings. The Hall–Kier alpha value is -2.29. The first-order chi connectivity index (χ1) is 12.1. The maximum Gasteiger partial charge on any atom is 0.251 e. The molecule has 140 valence electrons. The molecule has 1 N–H and O–H groups in total. The van der Waals surface area contributed by atoms with Crippen molar-refractivity contribution in [3.63, 3.8) is 0 Å². The van der Waals surface area contributed by atoms with Gasteiger partial charge in [-0.25, -0.2) is 23.1 Å². The zero-order valence-electron chi connectivity index (χ0n) is 15.4. The van der Waals surface area contributed by atoms with Crippen LogP contribution >= 0.6 is 0 Å². The Morgan fingerprint density at radius 2 is 1.88 bits per heavy atom. The van der Waals surface area contributed by atoms with Crippen molar-refractivity contribution in [3.05, 3.63) is 34.4 Å². The van der Waals surface area contributed by atoms with Gasteiger partial charge in [-0.1, -0.05) is 0 Å². The van der Waals surface area contributed by atoms with E-state index in [0.717, 1.165) is 28.3 Å². The second-order valence-electron chi connectivity index (χ2n) is 6.86. The molecule has 1 saturated heterocycles. The molecule has 8 nitrogen and oxygen atoms in total. The Bertz CT molecular complexity index is 945. The zero-order valence-corrected chi connectivity index (χ0v) is 16.2. The van der Waals surface area contributed by atoms with E-state index in [4.69, 9.17) is 0 Å². The molecule has 3 rings (SSSR count). The number of hydrogen-bond acceptors (Lipinski definition) is 6. The molecule has 0 aromatic carbocycles. The quantitative estimate of drug-likeness (QED) is 0.842. The summed E-state index contributed by atoms with van der Waals surface area (Å²) in [5.41, 5.74) is 4.05. The van der Waals surface area contributed by atoms with Gasteiger partial charge in [0, 0.05) is 28.7 Å². The van der Waals surface area contributed by atoms with Crippen LogP contribution in [-0.2, 0) is 21.1 Å². The maximum absolute atomic E-state index is 12.4. The maximum atomic E-state index is 12.4. The third kappa shape index (κ3) is 3.92. The highest BCUT2D eigenvalue weighted by Crippen LogP contribution is 2.18. The second kappa shape index (κ2) is 6.79. The summed E-state index contributed by atoms with van der Waals surface area (Å²) in [6.07, 6.45) is 0.626. The van der Waals surface area contributed by atoms with Gasteiger partial charge in [0.25, 0.3) is 5.95 Å². The van der Waals surface area contributed by atoms with Crippen LogP contribution in [-0.4, -0.2) is 51.6 Å². The average molecular weight is 377 g/mol. The number of carbonyl (C=O) groups excluding carboxylic acids is 1. The van der Waals surface area contributed by atoms with Crippen LogP contribution in [0.2, 0.25) is 0 Å². The Morgan fingerprint density at radius 3 is 2.46 bits per heavy atom. The molecular formula is C17H23N5O3S. The first-order valence-corrected chi connectivity index (χ1v) is 10.3. The van der Waals surface area contributed by atoms with Gasteiger partial charge in [-0.3, -0.25) is 4.79 Å². The Labute approximate surface area is 153 Å². The summed E-state index contributed by atoms with van der Waals surface area (Å²) in [4.78, 5) is 21.2. The molecule has 0 bridgehead atoms. The van der Waals surface area contributed by atoms with Gasteiger partial charge in [0.15, 0.2) is 9.84 Å². The van der Waals surface area contributed by atoms with Gasteiger partial charge in [0.05, 0.1) is 23.6 Å². The number of hydrogen-bond donors (Lipinski definition) is 1. The summed E-state index contributed by atoms with van der Waals surface area (Å²) in [6.45, 7) is 7.51. The van der Waals surface area contributed by atoms with Gasteiger partial charge in [-0.05, 0) is 40.2 Å². The Balaban J connectivity index is 1.79. The summed E-state index contributed by atoms with van der Waals surface area (Å²) in [6, 6.07) is 1.59. The van der Waals surface area contributed by atoms with E-state index in [1.54, 1.807) is 4.68 Å². The van der Waals surface area contributed by atoms with Gasteiger partial charge in [0.2, 0.25) is 5.91 Å². The molecular weight excluding hydrogens is 354 g/mol. The molecule has 0 spiro atoms. The van der Waals surface area contributed by atoms with Crippen LogP contribution in [0.25, 0.3) is 5.95 Å². The summed E-state index contributed by atoms with van der Waals surface area (Å²) in [5.74, 6) is 0.445. The summed E-state index contributed by atoms with van der Waals surface area (Å²) in [7, 11) is -3.02. The number of aromatic nitrogens is 4. The summed E-state index contributed by atoms with van der Waals surface area (Å²) >= 11 is 0. The number of nitrogens with zero attached hydrogens (tertiary/aromatic N) is 4. The fourth-order valence-corrected chi connectivity index (χ4v) is 4.95. The van der Waals surface area contributed by atoms with Crippen LogP contribution in [0.4, 0.5) is 0 Å². The van der Waals surface area contributed by atoms with E-state index in [9.17, 15) is 13.2 Å². The molecule has 26 heavy (non-hydrogen) atoms. The third-order valence-electron chi connectivity index (χ3n) is 4.54. The molecule has 2 aromatic rings. The molecule has 1 aliphatic rings. The lowest BCUT2D eigenvalue weighted by molar-refractivity contribution is -0.121. The minimum atomic E-state index is -3.02. The molecule has 0 aliphatic carbocycles. The van der Waals surface area contributed by atoms with Crippen LogP contribution in [0.1, 0.15) is 34.8 Å². The van der Waals surface area contributed by atoms with E-state index < -0.39 is 9.84 Å². The Morgan fingerprint density at radius 1 is 1.23 bits per heavy atom. The van der Waals surface area contributed by atoms with Crippen molar-refractivity contribution in [2.45, 2.75) is 46.6 Å². The molecule has 0 radical (unpaired) electrons. The number of nitrogens with one attached hydrogen (secondary N) is 1. The van der Waals surface area contributed by atoms with Crippen molar-refractivity contribution in [1.29, 1.82) is 0 Å². The minimum Gasteiger partial charge on any atom is -0.352 e. The van der Waals surface area contributed by atoms with E-state index in [1.165, 1.54) is 0 Å². The standard InChI is InChI=1S/C17H23N5O3S/c1-10-7-11(2)19-17(18-10)22-13(4)15(12(3)21-22)8-16(23)20-14-5-6-26(24,25)9-14/h7,14H,5-6,8-9H2,1-4H3,(H,20,23). The van der Waals surface area contributed by atoms with Crippen LogP contribution in [0.15, 0.2) is 6.07 Å². The molecule has 0 saturated carbocycles. The third-order valence-corrected chi connectivity index (χ3v) is 6.30. The lowest BCUT2D eigenvalue weighted by Crippen LogP contribution is -2.36. The smallest absolute Gasteiger partial charge is 0.251 e. The van der Waals surface area contributed by atoms with E-state index in [1.807, 2.05) is 33.8 Å². The minimum absolute atomic E-state index is 0.0202. The second-order valence-corrected chi connectivity index (χ2v) is 9.08. The van der Waals surface area contributed by atoms with E-state index >= 15 is 0 Å². The highest BCUT2D eigenvalue weighted by atomic mass is 32.2. The molecule has 1 amide bonds. The first-order valence-electron chi connectivity index (χ1n) is 8.52. The number of aryl methyl sites for hydroxylation is 3. The number of carbonyl (C=O) groups is 1. The van der Waals surface area contributed by atoms with Crippen molar-refractivity contribution < 1.29 is 13.2 Å². The largest absolute Gasteiger partial charge is 0.352 e. The van der Waals surface area contributed by atoms with Crippen molar-refractivity contribution in [3.8, 4) is 5.95 Å². The Kier molecular flexibility index (Phi) is 4.83. The van der Waals surface area contributed by atoms with E-state index in [-0.39, 0.29) is 29.9 Å². The lowest BCUT2D eigenvalue weighted by Gasteiger charge is -2.11. The monoisotopic (exact) mass is 377 g/mol.